The molecule has 154 valence electrons. The molecule has 1 fully saturated rings. The number of carbonyl (C=O) groups is 1. The van der Waals surface area contributed by atoms with Crippen LogP contribution in [0.3, 0.4) is 0 Å². The predicted molar refractivity (Wildman–Crippen MR) is 111 cm³/mol. The molecule has 1 N–H and O–H groups in total. The molecular formula is C23H26F2N2O2. The summed E-state index contributed by atoms with van der Waals surface area (Å²) in [6.07, 6.45) is 3.11. The van der Waals surface area contributed by atoms with Crippen LogP contribution in [0.2, 0.25) is 0 Å². The van der Waals surface area contributed by atoms with Crippen molar-refractivity contribution < 1.29 is 18.3 Å². The fourth-order valence-corrected chi connectivity index (χ4v) is 3.51. The quantitative estimate of drug-likeness (QED) is 0.753. The first-order valence-electron chi connectivity index (χ1n) is 9.76. The zero-order valence-corrected chi connectivity index (χ0v) is 16.9. The lowest BCUT2D eigenvalue weighted by molar-refractivity contribution is -0.117. The molecule has 3 atom stereocenters. The van der Waals surface area contributed by atoms with Crippen LogP contribution in [0.25, 0.3) is 6.08 Å². The van der Waals surface area contributed by atoms with Crippen LogP contribution in [-0.4, -0.2) is 31.2 Å². The van der Waals surface area contributed by atoms with Gasteiger partial charge in [0.15, 0.2) is 11.6 Å². The summed E-state index contributed by atoms with van der Waals surface area (Å²) in [5.41, 5.74) is 2.51. The Morgan fingerprint density at radius 1 is 1.14 bits per heavy atom. The van der Waals surface area contributed by atoms with Crippen LogP contribution < -0.4 is 10.2 Å². The second-order valence-electron chi connectivity index (χ2n) is 7.49. The number of hydrogen-bond acceptors (Lipinski definition) is 3. The summed E-state index contributed by atoms with van der Waals surface area (Å²) in [6.45, 7) is 7.69. The molecule has 29 heavy (non-hydrogen) atoms. The van der Waals surface area contributed by atoms with Crippen molar-refractivity contribution in [2.45, 2.75) is 39.0 Å². The molecule has 1 heterocycles. The molecule has 1 aliphatic rings. The Morgan fingerprint density at radius 3 is 2.55 bits per heavy atom. The Balaban J connectivity index is 1.64. The van der Waals surface area contributed by atoms with Crippen molar-refractivity contribution in [3.8, 4) is 0 Å². The zero-order chi connectivity index (χ0) is 21.0. The molecule has 0 aromatic heterocycles. The van der Waals surface area contributed by atoms with Gasteiger partial charge in [-0.2, -0.15) is 0 Å². The second kappa shape index (κ2) is 9.18. The molecule has 2 aromatic carbocycles. The van der Waals surface area contributed by atoms with Gasteiger partial charge in [-0.15, -0.1) is 0 Å². The summed E-state index contributed by atoms with van der Waals surface area (Å²) < 4.78 is 32.0. The average molecular weight is 400 g/mol. The van der Waals surface area contributed by atoms with Gasteiger partial charge in [0.1, 0.15) is 0 Å². The first kappa shape index (κ1) is 21.0. The summed E-state index contributed by atoms with van der Waals surface area (Å²) in [5.74, 6) is -2.16. The fraction of sp³-hybridized carbons (Fsp3) is 0.348. The highest BCUT2D eigenvalue weighted by Crippen LogP contribution is 2.24. The van der Waals surface area contributed by atoms with Crippen LogP contribution in [0.5, 0.6) is 0 Å². The van der Waals surface area contributed by atoms with Gasteiger partial charge < -0.3 is 15.0 Å². The molecule has 3 unspecified atom stereocenters. The molecule has 2 aromatic rings. The second-order valence-corrected chi connectivity index (χ2v) is 7.49. The molecule has 0 spiro atoms. The minimum Gasteiger partial charge on any atom is -0.372 e. The zero-order valence-electron chi connectivity index (χ0n) is 16.9. The summed E-state index contributed by atoms with van der Waals surface area (Å²) in [4.78, 5) is 14.5. The topological polar surface area (TPSA) is 41.6 Å². The highest BCUT2D eigenvalue weighted by molar-refractivity contribution is 5.92. The van der Waals surface area contributed by atoms with Crippen molar-refractivity contribution in [2.24, 2.45) is 0 Å². The monoisotopic (exact) mass is 400 g/mol. The Hall–Kier alpha value is -2.73. The maximum absolute atomic E-state index is 13.3. The van der Waals surface area contributed by atoms with Crippen molar-refractivity contribution in [3.63, 3.8) is 0 Å². The third kappa shape index (κ3) is 5.64. The number of nitrogens with one attached hydrogen (secondary N) is 1. The Morgan fingerprint density at radius 2 is 1.86 bits per heavy atom. The van der Waals surface area contributed by atoms with Gasteiger partial charge in [0.25, 0.3) is 0 Å². The maximum Gasteiger partial charge on any atom is 0.244 e. The highest BCUT2D eigenvalue weighted by Gasteiger charge is 2.22. The molecule has 1 amide bonds. The van der Waals surface area contributed by atoms with E-state index in [4.69, 9.17) is 4.74 Å². The van der Waals surface area contributed by atoms with E-state index in [9.17, 15) is 13.6 Å². The summed E-state index contributed by atoms with van der Waals surface area (Å²) in [6, 6.07) is 11.4. The highest BCUT2D eigenvalue weighted by atomic mass is 19.2. The van der Waals surface area contributed by atoms with Crippen molar-refractivity contribution in [1.29, 1.82) is 0 Å². The van der Waals surface area contributed by atoms with Gasteiger partial charge in [-0.3, -0.25) is 4.79 Å². The van der Waals surface area contributed by atoms with E-state index in [0.29, 0.717) is 5.56 Å². The normalized spacial score (nSPS) is 20.7. The Kier molecular flexibility index (Phi) is 6.64. The van der Waals surface area contributed by atoms with E-state index in [2.05, 4.69) is 36.2 Å². The van der Waals surface area contributed by atoms with Crippen molar-refractivity contribution >= 4 is 17.7 Å². The van der Waals surface area contributed by atoms with Crippen LogP contribution in [0.15, 0.2) is 48.5 Å². The van der Waals surface area contributed by atoms with Gasteiger partial charge in [-0.25, -0.2) is 8.78 Å². The van der Waals surface area contributed by atoms with Crippen molar-refractivity contribution in [2.75, 3.05) is 18.0 Å². The molecule has 0 radical (unpaired) electrons. The lowest BCUT2D eigenvalue weighted by Crippen LogP contribution is -2.45. The van der Waals surface area contributed by atoms with E-state index < -0.39 is 11.6 Å². The number of amides is 1. The number of benzene rings is 2. The number of hydrogen-bond donors (Lipinski definition) is 1. The SMILES string of the molecule is CC1CN(c2cccc(C(C)NC(=O)/C=C/c3ccc(F)c(F)c3)c2)CC(C)O1. The van der Waals surface area contributed by atoms with E-state index in [1.54, 1.807) is 0 Å². The fourth-order valence-electron chi connectivity index (χ4n) is 3.51. The molecule has 3 rings (SSSR count). The third-order valence-corrected chi connectivity index (χ3v) is 4.88. The van der Waals surface area contributed by atoms with Gasteiger partial charge in [0.05, 0.1) is 18.2 Å². The van der Waals surface area contributed by atoms with Gasteiger partial charge >= 0.3 is 0 Å². The number of nitrogens with zero attached hydrogens (tertiary/aromatic N) is 1. The number of rotatable bonds is 5. The van der Waals surface area contributed by atoms with E-state index in [-0.39, 0.29) is 24.2 Å². The van der Waals surface area contributed by atoms with Crippen LogP contribution in [0.4, 0.5) is 14.5 Å². The summed E-state index contributed by atoms with van der Waals surface area (Å²) in [5, 5.41) is 2.90. The number of halogens is 2. The van der Waals surface area contributed by atoms with Crippen molar-refractivity contribution in [1.82, 2.24) is 5.32 Å². The van der Waals surface area contributed by atoms with E-state index in [0.717, 1.165) is 36.5 Å². The Labute approximate surface area is 170 Å². The minimum atomic E-state index is -0.940. The summed E-state index contributed by atoms with van der Waals surface area (Å²) in [7, 11) is 0. The minimum absolute atomic E-state index is 0.168. The maximum atomic E-state index is 13.3. The average Bonchev–Trinajstić information content (AvgIpc) is 2.68. The van der Waals surface area contributed by atoms with Crippen LogP contribution in [0, 0.1) is 11.6 Å². The molecule has 4 nitrogen and oxygen atoms in total. The van der Waals surface area contributed by atoms with E-state index in [1.807, 2.05) is 19.1 Å². The van der Waals surface area contributed by atoms with Gasteiger partial charge in [0.2, 0.25) is 5.91 Å². The molecular weight excluding hydrogens is 374 g/mol. The molecule has 0 aliphatic carbocycles. The first-order valence-corrected chi connectivity index (χ1v) is 9.76. The first-order chi connectivity index (χ1) is 13.8. The van der Waals surface area contributed by atoms with Gasteiger partial charge in [-0.1, -0.05) is 18.2 Å². The lowest BCUT2D eigenvalue weighted by atomic mass is 10.1. The molecule has 0 saturated carbocycles. The van der Waals surface area contributed by atoms with Crippen LogP contribution in [-0.2, 0) is 9.53 Å². The van der Waals surface area contributed by atoms with Crippen LogP contribution >= 0.6 is 0 Å². The lowest BCUT2D eigenvalue weighted by Gasteiger charge is -2.37. The van der Waals surface area contributed by atoms with Crippen molar-refractivity contribution in [3.05, 3.63) is 71.3 Å². The Bertz CT molecular complexity index is 890. The number of morpholine rings is 1. The number of ether oxygens (including phenoxy) is 1. The van der Waals surface area contributed by atoms with Gasteiger partial charge in [-0.05, 0) is 62.2 Å². The number of carbonyl (C=O) groups excluding carboxylic acids is 1. The predicted octanol–water partition coefficient (Wildman–Crippen LogP) is 4.47. The van der Waals surface area contributed by atoms with E-state index >= 15 is 0 Å². The van der Waals surface area contributed by atoms with Gasteiger partial charge in [0, 0.05) is 24.9 Å². The third-order valence-electron chi connectivity index (χ3n) is 4.88. The smallest absolute Gasteiger partial charge is 0.244 e. The molecule has 1 saturated heterocycles. The van der Waals surface area contributed by atoms with Crippen LogP contribution in [0.1, 0.15) is 37.9 Å². The molecule has 6 heteroatoms. The standard InChI is InChI=1S/C23H26F2N2O2/c1-15-13-27(14-16(2)29-15)20-6-4-5-19(12-20)17(3)26-23(28)10-8-18-7-9-21(24)22(25)11-18/h4-12,15-17H,13-14H2,1-3H3,(H,26,28)/b10-8+. The summed E-state index contributed by atoms with van der Waals surface area (Å²) >= 11 is 0. The molecule has 1 aliphatic heterocycles. The van der Waals surface area contributed by atoms with E-state index in [1.165, 1.54) is 18.2 Å². The number of anilines is 1. The largest absolute Gasteiger partial charge is 0.372 e. The molecule has 0 bridgehead atoms.